The van der Waals surface area contributed by atoms with E-state index in [-0.39, 0.29) is 17.9 Å². The van der Waals surface area contributed by atoms with Crippen molar-refractivity contribution in [2.75, 3.05) is 31.6 Å². The van der Waals surface area contributed by atoms with E-state index in [9.17, 15) is 20.1 Å². The first-order valence-corrected chi connectivity index (χ1v) is 17.0. The third-order valence-corrected chi connectivity index (χ3v) is 8.05. The van der Waals surface area contributed by atoms with Gasteiger partial charge in [0, 0.05) is 36.4 Å². The molecule has 0 saturated heterocycles. The van der Waals surface area contributed by atoms with E-state index in [0.717, 1.165) is 54.6 Å². The van der Waals surface area contributed by atoms with Crippen LogP contribution >= 0.6 is 0 Å². The maximum Gasteiger partial charge on any atom is 0.339 e. The zero-order valence-electron chi connectivity index (χ0n) is 28.9. The smallest absolute Gasteiger partial charge is 0.339 e. The number of aliphatic hydroxyl groups is 5. The van der Waals surface area contributed by atoms with E-state index in [1.807, 2.05) is 12.1 Å². The van der Waals surface area contributed by atoms with Gasteiger partial charge in [-0.2, -0.15) is 0 Å². The number of carboxylic acids is 1. The Kier molecular flexibility index (Phi) is 19.0. The van der Waals surface area contributed by atoms with Crippen LogP contribution in [0, 0.1) is 11.8 Å². The molecule has 0 fully saturated rings. The molecule has 8 N–H and O–H groups in total. The van der Waals surface area contributed by atoms with Crippen molar-refractivity contribution in [1.29, 1.82) is 0 Å². The predicted molar refractivity (Wildman–Crippen MR) is 193 cm³/mol. The highest BCUT2D eigenvalue weighted by atomic mass is 16.4. The Morgan fingerprint density at radius 3 is 1.88 bits per heavy atom. The van der Waals surface area contributed by atoms with Crippen LogP contribution in [0.5, 0.6) is 5.75 Å². The van der Waals surface area contributed by atoms with E-state index in [1.165, 1.54) is 30.9 Å². The third-order valence-electron chi connectivity index (χ3n) is 8.05. The molecule has 0 heterocycles. The first-order valence-electron chi connectivity index (χ1n) is 17.0. The minimum Gasteiger partial charge on any atom is -0.507 e. The summed E-state index contributed by atoms with van der Waals surface area (Å²) in [5.74, 6) is 5.17. The van der Waals surface area contributed by atoms with Gasteiger partial charge in [0.15, 0.2) is 0 Å². The van der Waals surface area contributed by atoms with Crippen molar-refractivity contribution < 1.29 is 40.5 Å². The second-order valence-electron chi connectivity index (χ2n) is 12.1. The summed E-state index contributed by atoms with van der Waals surface area (Å²) < 4.78 is 0. The Labute approximate surface area is 290 Å². The average molecular weight is 679 g/mol. The highest BCUT2D eigenvalue weighted by Gasteiger charge is 2.29. The minimum absolute atomic E-state index is 0.0740. The lowest BCUT2D eigenvalue weighted by molar-refractivity contribution is -0.113. The standard InChI is InChI=1S/C32H37NO3.C7H17NO5/c1-3-5-7-8-22-33(29-20-21-31(34)30(23-29)32(35)36)24-28-18-16-27(17-19-28)15-14-26-12-10-25(11-13-26)9-6-4-2;1-8-2-4(10)6(12)7(13)5(11)3-9/h10-13,16-21,23,34H,3-9,22,24H2,1-2H3,(H,35,36);4-13H,2-3H2,1H3/t;4-,5+,6+,7+/m.0/s1. The van der Waals surface area contributed by atoms with Crippen LogP contribution in [0.25, 0.3) is 0 Å². The third kappa shape index (κ3) is 14.6. The number of nitrogens with one attached hydrogen (secondary N) is 1. The number of nitrogens with zero attached hydrogens (tertiary/aromatic N) is 1. The van der Waals surface area contributed by atoms with E-state index in [4.69, 9.17) is 20.4 Å². The second kappa shape index (κ2) is 22.6. The van der Waals surface area contributed by atoms with E-state index in [1.54, 1.807) is 19.2 Å². The number of unbranched alkanes of at least 4 members (excludes halogenated alkanes) is 4. The van der Waals surface area contributed by atoms with Gasteiger partial charge in [0.2, 0.25) is 0 Å². The fraction of sp³-hybridized carbons (Fsp3) is 0.462. The van der Waals surface area contributed by atoms with Gasteiger partial charge in [0.1, 0.15) is 29.6 Å². The van der Waals surface area contributed by atoms with Crippen molar-refractivity contribution in [2.45, 2.75) is 89.8 Å². The van der Waals surface area contributed by atoms with Gasteiger partial charge in [-0.05, 0) is 79.9 Å². The highest BCUT2D eigenvalue weighted by Crippen LogP contribution is 2.26. The van der Waals surface area contributed by atoms with Gasteiger partial charge in [-0.3, -0.25) is 0 Å². The molecule has 0 saturated carbocycles. The molecule has 3 aromatic rings. The summed E-state index contributed by atoms with van der Waals surface area (Å²) in [5.41, 5.74) is 5.18. The van der Waals surface area contributed by atoms with Gasteiger partial charge in [-0.25, -0.2) is 4.79 Å². The number of carboxylic acid groups (broad SMARTS) is 1. The van der Waals surface area contributed by atoms with Crippen LogP contribution in [0.15, 0.2) is 66.7 Å². The molecule has 268 valence electrons. The Balaban J connectivity index is 0.000000543. The van der Waals surface area contributed by atoms with E-state index < -0.39 is 37.0 Å². The van der Waals surface area contributed by atoms with Crippen molar-refractivity contribution in [2.24, 2.45) is 0 Å². The minimum atomic E-state index is -1.55. The number of hydrogen-bond donors (Lipinski definition) is 8. The van der Waals surface area contributed by atoms with Crippen LogP contribution in [0.1, 0.15) is 85.0 Å². The van der Waals surface area contributed by atoms with E-state index in [2.05, 4.69) is 72.3 Å². The van der Waals surface area contributed by atoms with Crippen molar-refractivity contribution >= 4 is 11.7 Å². The van der Waals surface area contributed by atoms with Gasteiger partial charge >= 0.3 is 5.97 Å². The molecule has 3 aromatic carbocycles. The van der Waals surface area contributed by atoms with E-state index >= 15 is 0 Å². The molecule has 4 atom stereocenters. The molecule has 0 aromatic heterocycles. The van der Waals surface area contributed by atoms with Crippen LogP contribution in [0.3, 0.4) is 0 Å². The summed E-state index contributed by atoms with van der Waals surface area (Å²) in [6.07, 6.45) is 2.37. The Morgan fingerprint density at radius 1 is 0.776 bits per heavy atom. The summed E-state index contributed by atoms with van der Waals surface area (Å²) in [6.45, 7) is 5.30. The van der Waals surface area contributed by atoms with E-state index in [0.29, 0.717) is 6.54 Å². The zero-order valence-corrected chi connectivity index (χ0v) is 28.9. The molecule has 0 aliphatic heterocycles. The molecule has 0 aliphatic rings. The molecule has 0 bridgehead atoms. The largest absolute Gasteiger partial charge is 0.507 e. The molecule has 10 heteroatoms. The molecule has 0 radical (unpaired) electrons. The molecule has 0 aliphatic carbocycles. The number of benzene rings is 3. The lowest BCUT2D eigenvalue weighted by atomic mass is 10.0. The molecular weight excluding hydrogens is 624 g/mol. The molecule has 10 nitrogen and oxygen atoms in total. The molecule has 3 rings (SSSR count). The zero-order chi connectivity index (χ0) is 36.2. The molecule has 49 heavy (non-hydrogen) atoms. The van der Waals surface area contributed by atoms with Gasteiger partial charge in [-0.1, -0.05) is 75.6 Å². The van der Waals surface area contributed by atoms with Gasteiger partial charge in [0.05, 0.1) is 12.7 Å². The number of phenols is 1. The topological polar surface area (TPSA) is 174 Å². The number of likely N-dealkylation sites (N-methyl/N-ethyl adjacent to an activating group) is 1. The number of hydrogen-bond acceptors (Lipinski definition) is 9. The number of carbonyl (C=O) groups is 1. The fourth-order valence-corrected chi connectivity index (χ4v) is 5.01. The number of anilines is 1. The number of aryl methyl sites for hydroxylation is 1. The monoisotopic (exact) mass is 678 g/mol. The van der Waals surface area contributed by atoms with Crippen LogP contribution in [0.4, 0.5) is 5.69 Å². The quantitative estimate of drug-likeness (QED) is 0.0724. The van der Waals surface area contributed by atoms with Gasteiger partial charge in [-0.15, -0.1) is 0 Å². The van der Waals surface area contributed by atoms with Crippen molar-refractivity contribution in [3.05, 3.63) is 94.5 Å². The molecule has 0 amide bonds. The Bertz CT molecular complexity index is 1440. The Hall–Kier alpha value is -3.95. The number of aromatic carboxylic acids is 1. The van der Waals surface area contributed by atoms with Crippen molar-refractivity contribution in [1.82, 2.24) is 5.32 Å². The first-order chi connectivity index (χ1) is 23.5. The summed E-state index contributed by atoms with van der Waals surface area (Å²) >= 11 is 0. The lowest BCUT2D eigenvalue weighted by Gasteiger charge is -2.25. The molecular formula is C39H54N2O8. The van der Waals surface area contributed by atoms with Gasteiger partial charge < -0.3 is 46.0 Å². The van der Waals surface area contributed by atoms with Crippen molar-refractivity contribution in [3.63, 3.8) is 0 Å². The summed E-state index contributed by atoms with van der Waals surface area (Å²) in [7, 11) is 1.57. The maximum atomic E-state index is 11.5. The van der Waals surface area contributed by atoms with Crippen LogP contribution in [0.2, 0.25) is 0 Å². The van der Waals surface area contributed by atoms with Crippen LogP contribution in [-0.2, 0) is 13.0 Å². The first kappa shape index (κ1) is 41.2. The van der Waals surface area contributed by atoms with Crippen LogP contribution in [-0.4, -0.2) is 92.9 Å². The normalized spacial score (nSPS) is 13.2. The average Bonchev–Trinajstić information content (AvgIpc) is 3.11. The number of rotatable bonds is 18. The summed E-state index contributed by atoms with van der Waals surface area (Å²) in [5, 5.41) is 66.8. The molecule has 0 spiro atoms. The number of aromatic hydroxyl groups is 1. The lowest BCUT2D eigenvalue weighted by Crippen LogP contribution is -2.48. The maximum absolute atomic E-state index is 11.5. The van der Waals surface area contributed by atoms with Crippen molar-refractivity contribution in [3.8, 4) is 17.6 Å². The highest BCUT2D eigenvalue weighted by molar-refractivity contribution is 5.92. The summed E-state index contributed by atoms with van der Waals surface area (Å²) in [4.78, 5) is 13.7. The SMILES string of the molecule is CCCCCCN(Cc1ccc(C#Cc2ccc(CCCC)cc2)cc1)c1ccc(O)c(C(=O)O)c1.CNC[C@H](O)[C@@H](O)[C@H](O)[C@H](O)CO. The predicted octanol–water partition coefficient (Wildman–Crippen LogP) is 4.06. The number of aliphatic hydroxyl groups excluding tert-OH is 5. The molecule has 0 unspecified atom stereocenters. The summed E-state index contributed by atoms with van der Waals surface area (Å²) in [6, 6.07) is 21.5. The Morgan fingerprint density at radius 2 is 1.35 bits per heavy atom. The second-order valence-corrected chi connectivity index (χ2v) is 12.1. The van der Waals surface area contributed by atoms with Gasteiger partial charge in [0.25, 0.3) is 0 Å². The fourth-order valence-electron chi connectivity index (χ4n) is 5.01. The van der Waals surface area contributed by atoms with Crippen LogP contribution < -0.4 is 10.2 Å².